The molecule has 0 aromatic heterocycles. The van der Waals surface area contributed by atoms with Gasteiger partial charge in [0.1, 0.15) is 17.7 Å². The van der Waals surface area contributed by atoms with Crippen molar-refractivity contribution >= 4 is 17.9 Å². The minimum atomic E-state index is -0.812. The number of carbonyl (C=O) groups is 3. The summed E-state index contributed by atoms with van der Waals surface area (Å²) in [7, 11) is 0. The zero-order chi connectivity index (χ0) is 27.2. The van der Waals surface area contributed by atoms with Crippen molar-refractivity contribution in [2.75, 3.05) is 6.54 Å². The van der Waals surface area contributed by atoms with Crippen molar-refractivity contribution < 1.29 is 19.1 Å². The van der Waals surface area contributed by atoms with Crippen LogP contribution in [0.2, 0.25) is 0 Å². The van der Waals surface area contributed by atoms with E-state index < -0.39 is 23.8 Å². The van der Waals surface area contributed by atoms with Gasteiger partial charge in [-0.25, -0.2) is 4.79 Å². The van der Waals surface area contributed by atoms with Crippen molar-refractivity contribution in [1.29, 1.82) is 0 Å². The van der Waals surface area contributed by atoms with Crippen molar-refractivity contribution in [2.24, 2.45) is 11.8 Å². The Morgan fingerprint density at radius 1 is 1.14 bits per heavy atom. The van der Waals surface area contributed by atoms with Crippen LogP contribution in [0.25, 0.3) is 0 Å². The van der Waals surface area contributed by atoms with Gasteiger partial charge in [-0.05, 0) is 76.0 Å². The second-order valence-electron chi connectivity index (χ2n) is 11.6. The van der Waals surface area contributed by atoms with Gasteiger partial charge in [0.25, 0.3) is 0 Å². The Morgan fingerprint density at radius 2 is 1.78 bits per heavy atom. The molecule has 0 saturated heterocycles. The molecule has 7 nitrogen and oxygen atoms in total. The third-order valence-electron chi connectivity index (χ3n) is 6.83. The van der Waals surface area contributed by atoms with Gasteiger partial charge in [0.15, 0.2) is 0 Å². The van der Waals surface area contributed by atoms with E-state index in [0.29, 0.717) is 6.54 Å². The molecule has 4 atom stereocenters. The van der Waals surface area contributed by atoms with E-state index in [1.807, 2.05) is 45.9 Å². The lowest BCUT2D eigenvalue weighted by molar-refractivity contribution is -0.144. The van der Waals surface area contributed by atoms with Gasteiger partial charge in [0.2, 0.25) is 11.8 Å². The fourth-order valence-electron chi connectivity index (χ4n) is 4.45. The van der Waals surface area contributed by atoms with Crippen LogP contribution < -0.4 is 10.6 Å². The average Bonchev–Trinajstić information content (AvgIpc) is 3.49. The Hall–Kier alpha value is -2.57. The van der Waals surface area contributed by atoms with Crippen LogP contribution in [0.3, 0.4) is 0 Å². The van der Waals surface area contributed by atoms with E-state index in [0.717, 1.165) is 42.4 Å². The highest BCUT2D eigenvalue weighted by Crippen LogP contribution is 2.41. The predicted octanol–water partition coefficient (Wildman–Crippen LogP) is 5.44. The highest BCUT2D eigenvalue weighted by molar-refractivity contribution is 5.93. The first-order chi connectivity index (χ1) is 16.8. The standard InChI is InChI=1S/C29H47N3O4/c1-10-11-12-16-30-26(33)25(22-15-13-14-19(4)21(22)6)32(23-17-20(23)5)27(34)24(18(2)3)31-28(35)36-29(7,8)9/h13-15,18,20,23-25H,10-12,16-17H2,1-9H3,(H,30,33)(H,31,35). The molecule has 1 aromatic rings. The van der Waals surface area contributed by atoms with Crippen LogP contribution >= 0.6 is 0 Å². The summed E-state index contributed by atoms with van der Waals surface area (Å²) >= 11 is 0. The summed E-state index contributed by atoms with van der Waals surface area (Å²) in [5.41, 5.74) is 2.22. The maximum Gasteiger partial charge on any atom is 0.408 e. The molecule has 0 bridgehead atoms. The van der Waals surface area contributed by atoms with Crippen molar-refractivity contribution in [3.05, 3.63) is 34.9 Å². The average molecular weight is 502 g/mol. The van der Waals surface area contributed by atoms with Gasteiger partial charge < -0.3 is 20.3 Å². The van der Waals surface area contributed by atoms with Gasteiger partial charge in [-0.15, -0.1) is 0 Å². The first-order valence-electron chi connectivity index (χ1n) is 13.4. The van der Waals surface area contributed by atoms with Gasteiger partial charge in [-0.3, -0.25) is 9.59 Å². The van der Waals surface area contributed by atoms with Gasteiger partial charge in [0, 0.05) is 12.6 Å². The Morgan fingerprint density at radius 3 is 2.31 bits per heavy atom. The quantitative estimate of drug-likeness (QED) is 0.395. The van der Waals surface area contributed by atoms with Gasteiger partial charge >= 0.3 is 6.09 Å². The number of hydrogen-bond acceptors (Lipinski definition) is 4. The Bertz CT molecular complexity index is 922. The van der Waals surface area contributed by atoms with E-state index >= 15 is 0 Å². The van der Waals surface area contributed by atoms with E-state index in [-0.39, 0.29) is 29.7 Å². The minimum Gasteiger partial charge on any atom is -0.444 e. The molecule has 36 heavy (non-hydrogen) atoms. The molecule has 202 valence electrons. The molecule has 1 aliphatic rings. The van der Waals surface area contributed by atoms with E-state index in [1.165, 1.54) is 0 Å². The summed E-state index contributed by atoms with van der Waals surface area (Å²) in [4.78, 5) is 42.3. The molecule has 1 aromatic carbocycles. The third kappa shape index (κ3) is 7.97. The first-order valence-corrected chi connectivity index (χ1v) is 13.4. The number of nitrogens with zero attached hydrogens (tertiary/aromatic N) is 1. The third-order valence-corrected chi connectivity index (χ3v) is 6.83. The zero-order valence-electron chi connectivity index (χ0n) is 23.7. The van der Waals surface area contributed by atoms with Gasteiger partial charge in [0.05, 0.1) is 0 Å². The number of benzene rings is 1. The number of amides is 3. The van der Waals surface area contributed by atoms with E-state index in [4.69, 9.17) is 4.74 Å². The number of rotatable bonds is 11. The van der Waals surface area contributed by atoms with Crippen LogP contribution in [0.4, 0.5) is 4.79 Å². The molecule has 3 amide bonds. The van der Waals surface area contributed by atoms with Crippen LogP contribution in [-0.2, 0) is 14.3 Å². The smallest absolute Gasteiger partial charge is 0.408 e. The maximum atomic E-state index is 14.2. The second kappa shape index (κ2) is 12.6. The number of aryl methyl sites for hydroxylation is 1. The van der Waals surface area contributed by atoms with Crippen LogP contribution in [0.5, 0.6) is 0 Å². The maximum absolute atomic E-state index is 14.2. The lowest BCUT2D eigenvalue weighted by atomic mass is 9.93. The number of alkyl carbamates (subject to hydrolysis) is 1. The normalized spacial score (nSPS) is 18.8. The van der Waals surface area contributed by atoms with Gasteiger partial charge in [-0.1, -0.05) is 58.7 Å². The molecule has 2 rings (SSSR count). The summed E-state index contributed by atoms with van der Waals surface area (Å²) in [6.07, 6.45) is 3.18. The number of unbranched alkanes of at least 4 members (excludes halogenated alkanes) is 2. The van der Waals surface area contributed by atoms with Crippen LogP contribution in [0.1, 0.15) is 96.9 Å². The molecule has 0 spiro atoms. The number of hydrogen-bond donors (Lipinski definition) is 2. The molecule has 1 fully saturated rings. The van der Waals surface area contributed by atoms with Crippen LogP contribution in [0.15, 0.2) is 18.2 Å². The largest absolute Gasteiger partial charge is 0.444 e. The van der Waals surface area contributed by atoms with E-state index in [2.05, 4.69) is 24.5 Å². The minimum absolute atomic E-state index is 0.0644. The molecule has 7 heteroatoms. The monoisotopic (exact) mass is 501 g/mol. The Labute approximate surface area is 217 Å². The molecule has 2 N–H and O–H groups in total. The SMILES string of the molecule is CCCCCNC(=O)C(c1cccc(C)c1C)N(C(=O)C(NC(=O)OC(C)(C)C)C(C)C)C1CC1C. The first kappa shape index (κ1) is 29.7. The van der Waals surface area contributed by atoms with Gasteiger partial charge in [-0.2, -0.15) is 0 Å². The summed E-state index contributed by atoms with van der Waals surface area (Å²) in [5.74, 6) is -0.330. The molecule has 0 heterocycles. The molecule has 4 unspecified atom stereocenters. The van der Waals surface area contributed by atoms with E-state index in [9.17, 15) is 14.4 Å². The molecule has 0 aliphatic heterocycles. The molecule has 1 saturated carbocycles. The summed E-state index contributed by atoms with van der Waals surface area (Å²) in [6, 6.07) is 4.25. The van der Waals surface area contributed by atoms with Crippen molar-refractivity contribution in [1.82, 2.24) is 15.5 Å². The predicted molar refractivity (Wildman–Crippen MR) is 144 cm³/mol. The van der Waals surface area contributed by atoms with E-state index in [1.54, 1.807) is 25.7 Å². The molecule has 1 aliphatic carbocycles. The fourth-order valence-corrected chi connectivity index (χ4v) is 4.45. The Kier molecular flexibility index (Phi) is 10.4. The lowest BCUT2D eigenvalue weighted by Crippen LogP contribution is -2.56. The zero-order valence-corrected chi connectivity index (χ0v) is 23.7. The number of nitrogens with one attached hydrogen (secondary N) is 2. The highest BCUT2D eigenvalue weighted by atomic mass is 16.6. The van der Waals surface area contributed by atoms with Crippen LogP contribution in [0, 0.1) is 25.7 Å². The number of ether oxygens (including phenoxy) is 1. The summed E-state index contributed by atoms with van der Waals surface area (Å²) < 4.78 is 5.45. The fraction of sp³-hybridized carbons (Fsp3) is 0.690. The Balaban J connectivity index is 2.48. The molecule has 0 radical (unpaired) electrons. The lowest BCUT2D eigenvalue weighted by Gasteiger charge is -2.36. The van der Waals surface area contributed by atoms with Crippen molar-refractivity contribution in [3.8, 4) is 0 Å². The van der Waals surface area contributed by atoms with Crippen molar-refractivity contribution in [3.63, 3.8) is 0 Å². The van der Waals surface area contributed by atoms with Crippen LogP contribution in [-0.4, -0.2) is 47.0 Å². The van der Waals surface area contributed by atoms with Crippen molar-refractivity contribution in [2.45, 2.75) is 112 Å². The highest BCUT2D eigenvalue weighted by Gasteiger charge is 2.48. The summed E-state index contributed by atoms with van der Waals surface area (Å²) in [6.45, 7) is 18.0. The topological polar surface area (TPSA) is 87.7 Å². The molecular formula is C29H47N3O4. The molecular weight excluding hydrogens is 454 g/mol. The second-order valence-corrected chi connectivity index (χ2v) is 11.6. The number of carbonyl (C=O) groups excluding carboxylic acids is 3. The summed E-state index contributed by atoms with van der Waals surface area (Å²) in [5, 5.41) is 5.89.